The van der Waals surface area contributed by atoms with E-state index in [1.165, 1.54) is 5.57 Å². The molecule has 0 saturated heterocycles. The van der Waals surface area contributed by atoms with Gasteiger partial charge in [-0.1, -0.05) is 32.4 Å². The largest absolute Gasteiger partial charge is 0.508 e. The minimum atomic E-state index is -0.819. The summed E-state index contributed by atoms with van der Waals surface area (Å²) in [6, 6.07) is 3.59. The van der Waals surface area contributed by atoms with Crippen molar-refractivity contribution in [1.82, 2.24) is 0 Å². The number of phenols is 1. The SMILES string of the molecule is CC(=CCC[C@]1(C)CCc2cc(O)cc(C)c2O1)CCC[C@@H](C)C(=O)[C@@H](O)CC(C)C. The lowest BCUT2D eigenvalue weighted by molar-refractivity contribution is -0.131. The molecular formula is C27H42O4. The van der Waals surface area contributed by atoms with Gasteiger partial charge in [-0.2, -0.15) is 0 Å². The summed E-state index contributed by atoms with van der Waals surface area (Å²) >= 11 is 0. The van der Waals surface area contributed by atoms with Gasteiger partial charge in [0.1, 0.15) is 23.2 Å². The molecular weight excluding hydrogens is 388 g/mol. The molecule has 31 heavy (non-hydrogen) atoms. The van der Waals surface area contributed by atoms with Crippen LogP contribution in [0.15, 0.2) is 23.8 Å². The molecule has 4 nitrogen and oxygen atoms in total. The Balaban J connectivity index is 1.77. The number of phenolic OH excluding ortho intramolecular Hbond substituents is 1. The topological polar surface area (TPSA) is 66.8 Å². The lowest BCUT2D eigenvalue weighted by atomic mass is 9.87. The van der Waals surface area contributed by atoms with Gasteiger partial charge in [-0.25, -0.2) is 0 Å². The molecule has 2 N–H and O–H groups in total. The highest BCUT2D eigenvalue weighted by Crippen LogP contribution is 2.39. The number of hydrogen-bond donors (Lipinski definition) is 2. The highest BCUT2D eigenvalue weighted by Gasteiger charge is 2.32. The van der Waals surface area contributed by atoms with Crippen LogP contribution >= 0.6 is 0 Å². The number of aliphatic hydroxyl groups excluding tert-OH is 1. The van der Waals surface area contributed by atoms with E-state index in [-0.39, 0.29) is 17.3 Å². The Morgan fingerprint density at radius 1 is 1.29 bits per heavy atom. The fourth-order valence-corrected chi connectivity index (χ4v) is 4.48. The number of carbonyl (C=O) groups excluding carboxylic acids is 1. The van der Waals surface area contributed by atoms with E-state index in [4.69, 9.17) is 4.74 Å². The number of hydrogen-bond acceptors (Lipinski definition) is 4. The van der Waals surface area contributed by atoms with Gasteiger partial charge in [-0.05, 0) is 101 Å². The van der Waals surface area contributed by atoms with Crippen LogP contribution in [0.5, 0.6) is 11.5 Å². The highest BCUT2D eigenvalue weighted by atomic mass is 16.5. The van der Waals surface area contributed by atoms with E-state index in [0.717, 1.165) is 61.8 Å². The quantitative estimate of drug-likeness (QED) is 0.405. The standard InChI is InChI=1S/C27H42O4/c1-18(2)15-24(29)25(30)20(4)11-7-9-19(3)10-8-13-27(6)14-12-22-17-23(28)16-21(5)26(22)31-27/h10,16-18,20,24,28-29H,7-9,11-15H2,1-6H3/t20-,24+,27-/m1/s1. The summed E-state index contributed by atoms with van der Waals surface area (Å²) in [6.45, 7) is 12.3. The van der Waals surface area contributed by atoms with Gasteiger partial charge in [0.2, 0.25) is 0 Å². The molecule has 1 aliphatic rings. The maximum atomic E-state index is 12.3. The van der Waals surface area contributed by atoms with E-state index in [2.05, 4.69) is 19.9 Å². The number of allylic oxidation sites excluding steroid dienone is 2. The number of carbonyl (C=O) groups is 1. The van der Waals surface area contributed by atoms with Gasteiger partial charge < -0.3 is 14.9 Å². The molecule has 0 unspecified atom stereocenters. The van der Waals surface area contributed by atoms with Crippen LogP contribution in [0.25, 0.3) is 0 Å². The van der Waals surface area contributed by atoms with Crippen LogP contribution in [-0.4, -0.2) is 27.7 Å². The van der Waals surface area contributed by atoms with Gasteiger partial charge >= 0.3 is 0 Å². The van der Waals surface area contributed by atoms with E-state index in [1.54, 1.807) is 6.07 Å². The van der Waals surface area contributed by atoms with Crippen molar-refractivity contribution in [3.63, 3.8) is 0 Å². The Bertz CT molecular complexity index is 780. The average Bonchev–Trinajstić information content (AvgIpc) is 2.67. The van der Waals surface area contributed by atoms with Gasteiger partial charge in [0.15, 0.2) is 5.78 Å². The van der Waals surface area contributed by atoms with Crippen molar-refractivity contribution in [1.29, 1.82) is 0 Å². The predicted molar refractivity (Wildman–Crippen MR) is 127 cm³/mol. The van der Waals surface area contributed by atoms with E-state index >= 15 is 0 Å². The number of ether oxygens (including phenoxy) is 1. The Morgan fingerprint density at radius 2 is 2.00 bits per heavy atom. The van der Waals surface area contributed by atoms with E-state index in [0.29, 0.717) is 18.1 Å². The Labute approximate surface area is 188 Å². The molecule has 2 rings (SSSR count). The van der Waals surface area contributed by atoms with E-state index in [1.807, 2.05) is 33.8 Å². The molecule has 0 aromatic heterocycles. The number of rotatable bonds is 11. The smallest absolute Gasteiger partial charge is 0.164 e. The average molecular weight is 431 g/mol. The summed E-state index contributed by atoms with van der Waals surface area (Å²) < 4.78 is 6.37. The summed E-state index contributed by atoms with van der Waals surface area (Å²) in [7, 11) is 0. The third kappa shape index (κ3) is 7.68. The second-order valence-electron chi connectivity index (χ2n) is 10.2. The van der Waals surface area contributed by atoms with E-state index in [9.17, 15) is 15.0 Å². The maximum Gasteiger partial charge on any atom is 0.164 e. The first-order valence-electron chi connectivity index (χ1n) is 11.9. The van der Waals surface area contributed by atoms with Gasteiger partial charge in [0.25, 0.3) is 0 Å². The summed E-state index contributed by atoms with van der Waals surface area (Å²) in [6.07, 6.45) is 8.61. The molecule has 1 aromatic rings. The minimum absolute atomic E-state index is 0.0124. The third-order valence-electron chi connectivity index (χ3n) is 6.49. The molecule has 0 spiro atoms. The molecule has 3 atom stereocenters. The molecule has 0 aliphatic carbocycles. The fourth-order valence-electron chi connectivity index (χ4n) is 4.48. The molecule has 0 radical (unpaired) electrons. The third-order valence-corrected chi connectivity index (χ3v) is 6.49. The highest BCUT2D eigenvalue weighted by molar-refractivity contribution is 5.84. The van der Waals surface area contributed by atoms with Crippen molar-refractivity contribution in [3.05, 3.63) is 34.9 Å². The number of benzene rings is 1. The van der Waals surface area contributed by atoms with Gasteiger partial charge in [-0.15, -0.1) is 0 Å². The zero-order valence-electron chi connectivity index (χ0n) is 20.3. The predicted octanol–water partition coefficient (Wildman–Crippen LogP) is 6.29. The van der Waals surface area contributed by atoms with Crippen molar-refractivity contribution in [2.45, 2.75) is 105 Å². The molecule has 1 aromatic carbocycles. The van der Waals surface area contributed by atoms with Crippen LogP contribution in [0.4, 0.5) is 0 Å². The van der Waals surface area contributed by atoms with Crippen molar-refractivity contribution in [2.75, 3.05) is 0 Å². The Hall–Kier alpha value is -1.81. The summed E-state index contributed by atoms with van der Waals surface area (Å²) in [4.78, 5) is 12.3. The molecule has 0 amide bonds. The van der Waals surface area contributed by atoms with Crippen LogP contribution in [0, 0.1) is 18.8 Å². The first-order chi connectivity index (χ1) is 14.5. The zero-order valence-corrected chi connectivity index (χ0v) is 20.3. The first kappa shape index (κ1) is 25.5. The number of aryl methyl sites for hydroxylation is 2. The molecule has 4 heteroatoms. The number of aromatic hydroxyl groups is 1. The lowest BCUT2D eigenvalue weighted by Crippen LogP contribution is -2.36. The minimum Gasteiger partial charge on any atom is -0.508 e. The molecule has 1 aliphatic heterocycles. The normalized spacial score (nSPS) is 20.8. The molecule has 1 heterocycles. The summed E-state index contributed by atoms with van der Waals surface area (Å²) in [5.74, 6) is 1.48. The second kappa shape index (κ2) is 11.2. The first-order valence-corrected chi connectivity index (χ1v) is 11.9. The molecule has 0 fully saturated rings. The van der Waals surface area contributed by atoms with Crippen LogP contribution < -0.4 is 4.74 Å². The Morgan fingerprint density at radius 3 is 2.68 bits per heavy atom. The van der Waals surface area contributed by atoms with Crippen LogP contribution in [0.3, 0.4) is 0 Å². The maximum absolute atomic E-state index is 12.3. The van der Waals surface area contributed by atoms with Gasteiger partial charge in [0, 0.05) is 5.92 Å². The summed E-state index contributed by atoms with van der Waals surface area (Å²) in [5, 5.41) is 19.8. The Kier molecular flexibility index (Phi) is 9.17. The van der Waals surface area contributed by atoms with Crippen LogP contribution in [0.1, 0.15) is 90.7 Å². The van der Waals surface area contributed by atoms with Crippen molar-refractivity contribution in [2.24, 2.45) is 11.8 Å². The molecule has 174 valence electrons. The molecule has 0 saturated carbocycles. The van der Waals surface area contributed by atoms with Crippen molar-refractivity contribution >= 4 is 5.78 Å². The second-order valence-corrected chi connectivity index (χ2v) is 10.2. The van der Waals surface area contributed by atoms with Gasteiger partial charge in [-0.3, -0.25) is 4.79 Å². The number of fused-ring (bicyclic) bond motifs is 1. The van der Waals surface area contributed by atoms with Gasteiger partial charge in [0.05, 0.1) is 0 Å². The lowest BCUT2D eigenvalue weighted by Gasteiger charge is -2.36. The number of Topliss-reactive ketones (excluding diaryl/α,β-unsaturated/α-hetero) is 1. The van der Waals surface area contributed by atoms with Crippen molar-refractivity contribution in [3.8, 4) is 11.5 Å². The zero-order chi connectivity index (χ0) is 23.2. The summed E-state index contributed by atoms with van der Waals surface area (Å²) in [5.41, 5.74) is 3.26. The van der Waals surface area contributed by atoms with E-state index < -0.39 is 6.10 Å². The number of ketones is 1. The van der Waals surface area contributed by atoms with Crippen LogP contribution in [0.2, 0.25) is 0 Å². The number of aliphatic hydroxyl groups is 1. The van der Waals surface area contributed by atoms with Crippen LogP contribution in [-0.2, 0) is 11.2 Å². The molecule has 0 bridgehead atoms. The van der Waals surface area contributed by atoms with Crippen molar-refractivity contribution < 1.29 is 19.7 Å². The fraction of sp³-hybridized carbons (Fsp3) is 0.667. The monoisotopic (exact) mass is 430 g/mol.